The normalized spacial score (nSPS) is 15.4. The molecule has 36 heavy (non-hydrogen) atoms. The summed E-state index contributed by atoms with van der Waals surface area (Å²) in [5.74, 6) is 1.45. The number of rotatable bonds is 5. The highest BCUT2D eigenvalue weighted by Crippen LogP contribution is 2.37. The number of nitrogen functional groups attached to an aromatic ring is 1. The van der Waals surface area contributed by atoms with E-state index in [0.29, 0.717) is 41.4 Å². The summed E-state index contributed by atoms with van der Waals surface area (Å²) in [6, 6.07) is 17.1. The molecule has 1 amide bonds. The van der Waals surface area contributed by atoms with E-state index in [4.69, 9.17) is 20.8 Å². The molecule has 2 aromatic heterocycles. The van der Waals surface area contributed by atoms with Crippen LogP contribution in [0.3, 0.4) is 0 Å². The predicted molar refractivity (Wildman–Crippen MR) is 144 cm³/mol. The minimum Gasteiger partial charge on any atom is -0.457 e. The first-order valence-corrected chi connectivity index (χ1v) is 12.4. The van der Waals surface area contributed by atoms with Crippen LogP contribution in [0.5, 0.6) is 11.5 Å². The third-order valence-electron chi connectivity index (χ3n) is 6.12. The quantitative estimate of drug-likeness (QED) is 0.203. The second-order valence-electron chi connectivity index (χ2n) is 8.45. The molecule has 2 aromatic carbocycles. The number of ether oxygens (including phenoxy) is 1. The van der Waals surface area contributed by atoms with Crippen molar-refractivity contribution in [2.24, 2.45) is 0 Å². The molecule has 1 aliphatic rings. The van der Waals surface area contributed by atoms with Gasteiger partial charge in [0.2, 0.25) is 0 Å². The number of nitrogens with zero attached hydrogens (tertiary/aromatic N) is 6. The van der Waals surface area contributed by atoms with Gasteiger partial charge in [0, 0.05) is 22.2 Å². The van der Waals surface area contributed by atoms with Crippen molar-refractivity contribution in [2.45, 2.75) is 18.9 Å². The summed E-state index contributed by atoms with van der Waals surface area (Å²) >= 11 is 2.26. The van der Waals surface area contributed by atoms with E-state index in [1.165, 1.54) is 6.33 Å². The van der Waals surface area contributed by atoms with Gasteiger partial charge in [-0.3, -0.25) is 4.79 Å². The Morgan fingerprint density at radius 2 is 2.00 bits per heavy atom. The number of nitriles is 1. The van der Waals surface area contributed by atoms with Gasteiger partial charge in [-0.15, -0.1) is 0 Å². The molecule has 10 heteroatoms. The molecule has 4 aromatic rings. The average Bonchev–Trinajstić information content (AvgIpc) is 3.29. The number of carbonyl (C=O) groups is 1. The molecular weight excluding hydrogens is 569 g/mol. The Morgan fingerprint density at radius 3 is 2.75 bits per heavy atom. The Labute approximate surface area is 221 Å². The van der Waals surface area contributed by atoms with Crippen molar-refractivity contribution >= 4 is 45.3 Å². The van der Waals surface area contributed by atoms with Crippen LogP contribution in [0.15, 0.2) is 67.0 Å². The van der Waals surface area contributed by atoms with E-state index >= 15 is 0 Å². The van der Waals surface area contributed by atoms with E-state index in [2.05, 4.69) is 39.1 Å². The fourth-order valence-electron chi connectivity index (χ4n) is 4.39. The predicted octanol–water partition coefficient (Wildman–Crippen LogP) is 4.72. The Morgan fingerprint density at radius 1 is 1.19 bits per heavy atom. The largest absolute Gasteiger partial charge is 0.457 e. The van der Waals surface area contributed by atoms with Crippen LogP contribution >= 0.6 is 22.6 Å². The van der Waals surface area contributed by atoms with Gasteiger partial charge in [0.25, 0.3) is 5.91 Å². The van der Waals surface area contributed by atoms with Gasteiger partial charge in [-0.05, 0) is 65.8 Å². The Kier molecular flexibility index (Phi) is 6.56. The maximum Gasteiger partial charge on any atom is 0.263 e. The van der Waals surface area contributed by atoms with Gasteiger partial charge in [-0.1, -0.05) is 24.8 Å². The second kappa shape index (κ2) is 9.94. The molecule has 2 N–H and O–H groups in total. The summed E-state index contributed by atoms with van der Waals surface area (Å²) in [6.07, 6.45) is 3.00. The minimum absolute atomic E-state index is 0.0689. The number of hydrogen-bond acceptors (Lipinski definition) is 7. The third-order valence-corrected chi connectivity index (χ3v) is 7.01. The fraction of sp³-hybridized carbons (Fsp3) is 0.192. The van der Waals surface area contributed by atoms with Gasteiger partial charge in [0.1, 0.15) is 41.0 Å². The highest BCUT2D eigenvalue weighted by molar-refractivity contribution is 14.1. The van der Waals surface area contributed by atoms with Gasteiger partial charge in [0.15, 0.2) is 5.65 Å². The molecule has 0 saturated carbocycles. The summed E-state index contributed by atoms with van der Waals surface area (Å²) in [5.41, 5.74) is 8.40. The minimum atomic E-state index is -0.350. The smallest absolute Gasteiger partial charge is 0.263 e. The summed E-state index contributed by atoms with van der Waals surface area (Å²) in [7, 11) is 0. The summed E-state index contributed by atoms with van der Waals surface area (Å²) in [5, 5.41) is 14.7. The molecule has 3 heterocycles. The highest BCUT2D eigenvalue weighted by Gasteiger charge is 2.30. The topological polar surface area (TPSA) is 123 Å². The number of nitrogens with two attached hydrogens (primary N) is 1. The van der Waals surface area contributed by atoms with Crippen molar-refractivity contribution in [3.05, 3.63) is 70.6 Å². The number of benzene rings is 2. The van der Waals surface area contributed by atoms with Crippen molar-refractivity contribution in [3.63, 3.8) is 0 Å². The zero-order valence-electron chi connectivity index (χ0n) is 19.3. The lowest BCUT2D eigenvalue weighted by molar-refractivity contribution is -0.128. The molecule has 5 rings (SSSR count). The maximum absolute atomic E-state index is 12.6. The maximum atomic E-state index is 12.6. The zero-order valence-corrected chi connectivity index (χ0v) is 21.4. The van der Waals surface area contributed by atoms with Crippen molar-refractivity contribution in [2.75, 3.05) is 18.8 Å². The average molecular weight is 591 g/mol. The number of likely N-dealkylation sites (tertiary alicyclic amines) is 1. The molecule has 0 spiro atoms. The Hall–Kier alpha value is -3.98. The molecule has 1 unspecified atom stereocenters. The van der Waals surface area contributed by atoms with Crippen LogP contribution in [0.4, 0.5) is 5.82 Å². The number of anilines is 1. The van der Waals surface area contributed by atoms with Crippen molar-refractivity contribution < 1.29 is 9.53 Å². The van der Waals surface area contributed by atoms with Crippen LogP contribution in [0.2, 0.25) is 0 Å². The van der Waals surface area contributed by atoms with Crippen LogP contribution in [-0.2, 0) is 4.79 Å². The number of carbonyl (C=O) groups excluding carboxylic acids is 1. The molecule has 1 saturated heterocycles. The number of para-hydroxylation sites is 1. The first-order valence-electron chi connectivity index (χ1n) is 11.4. The van der Waals surface area contributed by atoms with Gasteiger partial charge in [-0.25, -0.2) is 14.6 Å². The standard InChI is InChI=1S/C26H22IN7O2/c1-16(13-28)26(35)33-11-5-6-17(14-33)34-25-22(24(29)30-15-31-25)23(32-34)20-10-9-19(12-21(20)27)36-18-7-3-2-4-8-18/h2-4,7-10,12,15,17H,1,5-6,11,14H2,(H2,29,30,31). The third kappa shape index (κ3) is 4.49. The molecule has 180 valence electrons. The first-order chi connectivity index (χ1) is 17.5. The van der Waals surface area contributed by atoms with E-state index in [9.17, 15) is 4.79 Å². The van der Waals surface area contributed by atoms with Gasteiger partial charge < -0.3 is 15.4 Å². The number of piperidine rings is 1. The van der Waals surface area contributed by atoms with Crippen molar-refractivity contribution in [1.82, 2.24) is 24.6 Å². The lowest BCUT2D eigenvalue weighted by Gasteiger charge is -2.32. The molecule has 0 radical (unpaired) electrons. The highest BCUT2D eigenvalue weighted by atomic mass is 127. The SMILES string of the molecule is C=C(C#N)C(=O)N1CCCC(n2nc(-c3ccc(Oc4ccccc4)cc3I)c3c(N)ncnc32)C1. The van der Waals surface area contributed by atoms with E-state index in [1.807, 2.05) is 59.3 Å². The molecule has 9 nitrogen and oxygen atoms in total. The second-order valence-corrected chi connectivity index (χ2v) is 9.61. The van der Waals surface area contributed by atoms with Crippen molar-refractivity contribution in [3.8, 4) is 28.8 Å². The van der Waals surface area contributed by atoms with Crippen LogP contribution in [0.25, 0.3) is 22.3 Å². The van der Waals surface area contributed by atoms with E-state index in [0.717, 1.165) is 27.7 Å². The lowest BCUT2D eigenvalue weighted by atomic mass is 10.0. The molecule has 1 atom stereocenters. The molecule has 1 fully saturated rings. The number of fused-ring (bicyclic) bond motifs is 1. The fourth-order valence-corrected chi connectivity index (χ4v) is 5.13. The molecule has 0 bridgehead atoms. The summed E-state index contributed by atoms with van der Waals surface area (Å²) in [6.45, 7) is 4.54. The van der Waals surface area contributed by atoms with Gasteiger partial charge in [0.05, 0.1) is 11.4 Å². The van der Waals surface area contributed by atoms with Gasteiger partial charge in [-0.2, -0.15) is 10.4 Å². The summed E-state index contributed by atoms with van der Waals surface area (Å²) < 4.78 is 8.74. The number of aromatic nitrogens is 4. The first kappa shape index (κ1) is 23.7. The Balaban J connectivity index is 1.52. The van der Waals surface area contributed by atoms with E-state index in [-0.39, 0.29) is 17.5 Å². The lowest BCUT2D eigenvalue weighted by Crippen LogP contribution is -2.41. The van der Waals surface area contributed by atoms with Gasteiger partial charge >= 0.3 is 0 Å². The van der Waals surface area contributed by atoms with Crippen molar-refractivity contribution in [1.29, 1.82) is 5.26 Å². The molecule has 1 aliphatic heterocycles. The van der Waals surface area contributed by atoms with Crippen LogP contribution in [0, 0.1) is 14.9 Å². The number of amides is 1. The van der Waals surface area contributed by atoms with Crippen LogP contribution in [-0.4, -0.2) is 43.6 Å². The van der Waals surface area contributed by atoms with Crippen LogP contribution < -0.4 is 10.5 Å². The zero-order chi connectivity index (χ0) is 25.2. The number of hydrogen-bond donors (Lipinski definition) is 1. The molecular formula is C26H22IN7O2. The monoisotopic (exact) mass is 591 g/mol. The van der Waals surface area contributed by atoms with Crippen LogP contribution in [0.1, 0.15) is 18.9 Å². The molecule has 0 aliphatic carbocycles. The summed E-state index contributed by atoms with van der Waals surface area (Å²) in [4.78, 5) is 22.9. The van der Waals surface area contributed by atoms with E-state index < -0.39 is 0 Å². The number of halogens is 1. The van der Waals surface area contributed by atoms with E-state index in [1.54, 1.807) is 4.90 Å². The Bertz CT molecular complexity index is 1510.